The van der Waals surface area contributed by atoms with Crippen molar-refractivity contribution in [1.29, 1.82) is 5.26 Å². The van der Waals surface area contributed by atoms with Crippen molar-refractivity contribution in [2.45, 2.75) is 26.2 Å². The first-order valence-electron chi connectivity index (χ1n) is 8.12. The van der Waals surface area contributed by atoms with E-state index in [1.54, 1.807) is 18.2 Å². The Balaban J connectivity index is 0.000000590. The molecule has 1 aromatic carbocycles. The summed E-state index contributed by atoms with van der Waals surface area (Å²) < 4.78 is 0. The summed E-state index contributed by atoms with van der Waals surface area (Å²) in [6, 6.07) is 11.6. The van der Waals surface area contributed by atoms with Crippen LogP contribution in [0.1, 0.15) is 31.7 Å². The molecule has 0 aliphatic carbocycles. The molecule has 0 aromatic heterocycles. The Morgan fingerprint density at radius 1 is 1.12 bits per heavy atom. The number of carbonyl (C=O) groups is 2. The first-order valence-corrected chi connectivity index (χ1v) is 8.12. The lowest BCUT2D eigenvalue weighted by Crippen LogP contribution is -1.99. The molecule has 5 nitrogen and oxygen atoms in total. The minimum atomic E-state index is -1.02. The molecular formula is C21H23NO4. The molecule has 0 amide bonds. The van der Waals surface area contributed by atoms with Crippen molar-refractivity contribution in [1.82, 2.24) is 0 Å². The van der Waals surface area contributed by atoms with Crippen molar-refractivity contribution in [3.05, 3.63) is 77.9 Å². The van der Waals surface area contributed by atoms with Crippen LogP contribution in [0.5, 0.6) is 0 Å². The van der Waals surface area contributed by atoms with E-state index in [4.69, 9.17) is 15.5 Å². The first-order chi connectivity index (χ1) is 12.5. The highest BCUT2D eigenvalue weighted by molar-refractivity contribution is 5.87. The molecule has 0 saturated carbocycles. The summed E-state index contributed by atoms with van der Waals surface area (Å²) >= 11 is 0. The van der Waals surface area contributed by atoms with Gasteiger partial charge in [0.25, 0.3) is 0 Å². The van der Waals surface area contributed by atoms with Gasteiger partial charge in [0.2, 0.25) is 0 Å². The van der Waals surface area contributed by atoms with Gasteiger partial charge in [-0.3, -0.25) is 0 Å². The average Bonchev–Trinajstić information content (AvgIpc) is 2.62. The molecule has 136 valence electrons. The normalized spacial score (nSPS) is 11.3. The molecule has 0 saturated heterocycles. The molecule has 0 spiro atoms. The molecule has 5 heteroatoms. The first kappa shape index (κ1) is 22.6. The van der Waals surface area contributed by atoms with Gasteiger partial charge in [-0.1, -0.05) is 74.1 Å². The van der Waals surface area contributed by atoms with E-state index in [2.05, 4.69) is 6.92 Å². The number of aliphatic carboxylic acids is 2. The van der Waals surface area contributed by atoms with E-state index >= 15 is 0 Å². The molecule has 26 heavy (non-hydrogen) atoms. The second kappa shape index (κ2) is 15.2. The number of unbranched alkanes of at least 4 members (excludes halogenated alkanes) is 1. The molecule has 0 heterocycles. The Morgan fingerprint density at radius 3 is 2.35 bits per heavy atom. The fourth-order valence-electron chi connectivity index (χ4n) is 1.70. The van der Waals surface area contributed by atoms with Crippen molar-refractivity contribution < 1.29 is 19.8 Å². The van der Waals surface area contributed by atoms with Crippen LogP contribution in [0.25, 0.3) is 6.08 Å². The van der Waals surface area contributed by atoms with Crippen molar-refractivity contribution in [3.8, 4) is 6.07 Å². The summed E-state index contributed by atoms with van der Waals surface area (Å²) in [5, 5.41) is 24.9. The molecule has 2 N–H and O–H groups in total. The number of benzene rings is 1. The van der Waals surface area contributed by atoms with Crippen LogP contribution in [0.15, 0.2) is 72.4 Å². The van der Waals surface area contributed by atoms with Gasteiger partial charge in [-0.15, -0.1) is 0 Å². The third-order valence-corrected chi connectivity index (χ3v) is 2.98. The van der Waals surface area contributed by atoms with E-state index in [0.29, 0.717) is 12.0 Å². The zero-order chi connectivity index (χ0) is 19.6. The highest BCUT2D eigenvalue weighted by atomic mass is 16.4. The standard InChI is InChI=1S/C15H18O2.C6H5NO2/c1-2-3-11-14(15(16)17)12-7-10-13-8-5-4-6-9-13;7-5-3-1-2-4-6(8)9/h4-10,12H,2-3,11H2,1H3,(H,16,17);1-4H,(H,8,9). The molecule has 0 aliphatic heterocycles. The topological polar surface area (TPSA) is 98.4 Å². The second-order valence-corrected chi connectivity index (χ2v) is 5.06. The van der Waals surface area contributed by atoms with Crippen molar-refractivity contribution in [2.24, 2.45) is 0 Å². The van der Waals surface area contributed by atoms with Crippen molar-refractivity contribution in [2.75, 3.05) is 0 Å². The van der Waals surface area contributed by atoms with Gasteiger partial charge in [-0.25, -0.2) is 9.59 Å². The van der Waals surface area contributed by atoms with Gasteiger partial charge >= 0.3 is 11.9 Å². The number of rotatable bonds is 8. The maximum Gasteiger partial charge on any atom is 0.331 e. The number of nitrogens with zero attached hydrogens (tertiary/aromatic N) is 1. The van der Waals surface area contributed by atoms with Crippen LogP contribution in [-0.2, 0) is 9.59 Å². The Kier molecular flexibility index (Phi) is 13.2. The number of allylic oxidation sites excluding steroid dienone is 5. The highest BCUT2D eigenvalue weighted by Crippen LogP contribution is 2.09. The van der Waals surface area contributed by atoms with Crippen molar-refractivity contribution in [3.63, 3.8) is 0 Å². The van der Waals surface area contributed by atoms with Crippen LogP contribution in [0.4, 0.5) is 0 Å². The predicted molar refractivity (Wildman–Crippen MR) is 102 cm³/mol. The summed E-state index contributed by atoms with van der Waals surface area (Å²) in [7, 11) is 0. The Hall–Kier alpha value is -3.39. The van der Waals surface area contributed by atoms with E-state index in [-0.39, 0.29) is 0 Å². The minimum Gasteiger partial charge on any atom is -0.478 e. The van der Waals surface area contributed by atoms with E-state index < -0.39 is 11.9 Å². The fourth-order valence-corrected chi connectivity index (χ4v) is 1.70. The molecule has 0 unspecified atom stereocenters. The molecule has 0 fully saturated rings. The van der Waals surface area contributed by atoms with Crippen LogP contribution in [0.2, 0.25) is 0 Å². The van der Waals surface area contributed by atoms with Gasteiger partial charge < -0.3 is 10.2 Å². The predicted octanol–water partition coefficient (Wildman–Crippen LogP) is 4.61. The third kappa shape index (κ3) is 13.1. The Labute approximate surface area is 153 Å². The lowest BCUT2D eigenvalue weighted by molar-refractivity contribution is -0.133. The zero-order valence-corrected chi connectivity index (χ0v) is 14.7. The lowest BCUT2D eigenvalue weighted by Gasteiger charge is -1.98. The van der Waals surface area contributed by atoms with Gasteiger partial charge in [0.1, 0.15) is 0 Å². The van der Waals surface area contributed by atoms with E-state index in [1.807, 2.05) is 36.4 Å². The molecule has 0 radical (unpaired) electrons. The molecule has 0 bridgehead atoms. The number of carboxylic acid groups (broad SMARTS) is 2. The highest BCUT2D eigenvalue weighted by Gasteiger charge is 2.04. The van der Waals surface area contributed by atoms with Crippen LogP contribution in [0.3, 0.4) is 0 Å². The van der Waals surface area contributed by atoms with Crippen LogP contribution in [0, 0.1) is 11.3 Å². The molecule has 0 aliphatic rings. The van der Waals surface area contributed by atoms with Gasteiger partial charge in [0, 0.05) is 17.7 Å². The molecule has 1 rings (SSSR count). The minimum absolute atomic E-state index is 0.471. The summed E-state index contributed by atoms with van der Waals surface area (Å²) in [4.78, 5) is 20.7. The number of carboxylic acids is 2. The average molecular weight is 353 g/mol. The third-order valence-electron chi connectivity index (χ3n) is 2.98. The maximum absolute atomic E-state index is 10.9. The SMILES string of the molecule is CCCCC(=CC=Cc1ccccc1)C(=O)O.N#CC=CC=CC(=O)O. The molecule has 1 aromatic rings. The summed E-state index contributed by atoms with van der Waals surface area (Å²) in [5.74, 6) is -1.84. The Bertz CT molecular complexity index is 707. The largest absolute Gasteiger partial charge is 0.478 e. The van der Waals surface area contributed by atoms with Gasteiger partial charge in [-0.05, 0) is 18.4 Å². The summed E-state index contributed by atoms with van der Waals surface area (Å²) in [5.41, 5.74) is 1.54. The fraction of sp³-hybridized carbons (Fsp3) is 0.190. The zero-order valence-electron chi connectivity index (χ0n) is 14.7. The Morgan fingerprint density at radius 2 is 1.81 bits per heavy atom. The smallest absolute Gasteiger partial charge is 0.331 e. The quantitative estimate of drug-likeness (QED) is 0.404. The summed E-state index contributed by atoms with van der Waals surface area (Å²) in [6.45, 7) is 2.05. The van der Waals surface area contributed by atoms with Gasteiger partial charge in [0.15, 0.2) is 0 Å². The van der Waals surface area contributed by atoms with Gasteiger partial charge in [-0.2, -0.15) is 5.26 Å². The number of hydrogen-bond donors (Lipinski definition) is 2. The monoisotopic (exact) mass is 353 g/mol. The van der Waals surface area contributed by atoms with E-state index in [9.17, 15) is 9.59 Å². The molecule has 0 atom stereocenters. The van der Waals surface area contributed by atoms with Crippen LogP contribution < -0.4 is 0 Å². The van der Waals surface area contributed by atoms with Crippen LogP contribution >= 0.6 is 0 Å². The summed E-state index contributed by atoms with van der Waals surface area (Å²) in [6.07, 6.45) is 12.7. The number of nitriles is 1. The second-order valence-electron chi connectivity index (χ2n) is 5.06. The van der Waals surface area contributed by atoms with E-state index in [0.717, 1.165) is 24.5 Å². The van der Waals surface area contributed by atoms with Crippen molar-refractivity contribution >= 4 is 18.0 Å². The van der Waals surface area contributed by atoms with E-state index in [1.165, 1.54) is 18.2 Å². The van der Waals surface area contributed by atoms with Gasteiger partial charge in [0.05, 0.1) is 6.07 Å². The van der Waals surface area contributed by atoms with Crippen LogP contribution in [-0.4, -0.2) is 22.2 Å². The molecular weight excluding hydrogens is 330 g/mol. The lowest BCUT2D eigenvalue weighted by atomic mass is 10.1. The number of hydrogen-bond acceptors (Lipinski definition) is 3. The maximum atomic E-state index is 10.9.